The summed E-state index contributed by atoms with van der Waals surface area (Å²) in [4.78, 5) is 0. The first-order valence-electron chi connectivity index (χ1n) is 6.04. The summed E-state index contributed by atoms with van der Waals surface area (Å²) in [6, 6.07) is 8.05. The highest BCUT2D eigenvalue weighted by molar-refractivity contribution is 9.10. The van der Waals surface area contributed by atoms with Crippen molar-refractivity contribution in [2.24, 2.45) is 11.7 Å². The fourth-order valence-electron chi connectivity index (χ4n) is 2.84. The zero-order valence-corrected chi connectivity index (χ0v) is 11.4. The summed E-state index contributed by atoms with van der Waals surface area (Å²) in [7, 11) is 0. The maximum absolute atomic E-state index is 9.13. The van der Waals surface area contributed by atoms with Crippen LogP contribution in [-0.4, -0.2) is 24.8 Å². The van der Waals surface area contributed by atoms with Gasteiger partial charge in [0.25, 0.3) is 0 Å². The molecule has 4 atom stereocenters. The maximum Gasteiger partial charge on any atom is 0.101 e. The molecule has 1 aromatic rings. The van der Waals surface area contributed by atoms with Gasteiger partial charge in [0.1, 0.15) is 6.07 Å². The number of anilines is 1. The number of nitriles is 1. The minimum absolute atomic E-state index is 0.116. The molecule has 1 saturated carbocycles. The van der Waals surface area contributed by atoms with Gasteiger partial charge in [0.05, 0.1) is 23.4 Å². The number of rotatable bonds is 2. The van der Waals surface area contributed by atoms with E-state index in [2.05, 4.69) is 27.3 Å². The van der Waals surface area contributed by atoms with Crippen molar-refractivity contribution in [3.8, 4) is 6.07 Å². The van der Waals surface area contributed by atoms with E-state index in [-0.39, 0.29) is 18.2 Å². The number of ether oxygens (including phenoxy) is 1. The van der Waals surface area contributed by atoms with Gasteiger partial charge in [0, 0.05) is 23.0 Å². The molecule has 0 aromatic heterocycles. The molecular formula is C13H14BrN3O. The third kappa shape index (κ3) is 1.81. The van der Waals surface area contributed by atoms with Crippen LogP contribution in [0.25, 0.3) is 0 Å². The molecule has 4 nitrogen and oxygen atoms in total. The Morgan fingerprint density at radius 2 is 2.33 bits per heavy atom. The summed E-state index contributed by atoms with van der Waals surface area (Å²) in [5.74, 6) is 0.475. The Hall–Kier alpha value is -1.09. The first kappa shape index (κ1) is 12.0. The van der Waals surface area contributed by atoms with Crippen molar-refractivity contribution in [1.29, 1.82) is 5.26 Å². The molecule has 1 aliphatic heterocycles. The summed E-state index contributed by atoms with van der Waals surface area (Å²) >= 11 is 3.36. The molecular weight excluding hydrogens is 294 g/mol. The van der Waals surface area contributed by atoms with Crippen LogP contribution in [0.3, 0.4) is 0 Å². The van der Waals surface area contributed by atoms with Crippen LogP contribution < -0.4 is 11.1 Å². The van der Waals surface area contributed by atoms with E-state index >= 15 is 0 Å². The van der Waals surface area contributed by atoms with Crippen LogP contribution in [-0.2, 0) is 4.74 Å². The summed E-state index contributed by atoms with van der Waals surface area (Å²) < 4.78 is 6.57. The van der Waals surface area contributed by atoms with Crippen LogP contribution in [0.5, 0.6) is 0 Å². The van der Waals surface area contributed by atoms with E-state index in [9.17, 15) is 0 Å². The number of nitrogens with one attached hydrogen (secondary N) is 1. The van der Waals surface area contributed by atoms with E-state index in [0.717, 1.165) is 23.2 Å². The Morgan fingerprint density at radius 3 is 3.11 bits per heavy atom. The molecule has 1 aromatic carbocycles. The fourth-order valence-corrected chi connectivity index (χ4v) is 3.20. The van der Waals surface area contributed by atoms with Gasteiger partial charge in [-0.05, 0) is 24.6 Å². The standard InChI is InChI=1S/C13H14BrN3O/c14-8-1-2-10(7(5-8)6-15)17-12-11(16)9-3-4-18-13(9)12/h1-2,5,9,11-13,17H,3-4,16H2. The Bertz CT molecular complexity index is 513. The Balaban J connectivity index is 1.79. The van der Waals surface area contributed by atoms with E-state index in [4.69, 9.17) is 15.7 Å². The van der Waals surface area contributed by atoms with E-state index in [1.807, 2.05) is 12.1 Å². The lowest BCUT2D eigenvalue weighted by Crippen LogP contribution is -2.65. The molecule has 3 rings (SSSR count). The minimum atomic E-state index is 0.116. The van der Waals surface area contributed by atoms with Crippen molar-refractivity contribution in [2.75, 3.05) is 11.9 Å². The van der Waals surface area contributed by atoms with Crippen molar-refractivity contribution >= 4 is 21.6 Å². The quantitative estimate of drug-likeness (QED) is 0.874. The average Bonchev–Trinajstić information content (AvgIpc) is 2.81. The zero-order valence-electron chi connectivity index (χ0n) is 9.77. The van der Waals surface area contributed by atoms with Crippen LogP contribution in [0, 0.1) is 17.2 Å². The van der Waals surface area contributed by atoms with Gasteiger partial charge in [0.2, 0.25) is 0 Å². The van der Waals surface area contributed by atoms with E-state index < -0.39 is 0 Å². The zero-order chi connectivity index (χ0) is 12.7. The first-order chi connectivity index (χ1) is 8.70. The van der Waals surface area contributed by atoms with Crippen molar-refractivity contribution in [2.45, 2.75) is 24.6 Å². The second-order valence-corrected chi connectivity index (χ2v) is 5.75. The number of nitrogens with zero attached hydrogens (tertiary/aromatic N) is 1. The second kappa shape index (κ2) is 4.54. The fraction of sp³-hybridized carbons (Fsp3) is 0.462. The molecule has 0 spiro atoms. The smallest absolute Gasteiger partial charge is 0.101 e. The van der Waals surface area contributed by atoms with E-state index in [0.29, 0.717) is 11.5 Å². The molecule has 0 amide bonds. The number of halogens is 1. The molecule has 0 bridgehead atoms. The van der Waals surface area contributed by atoms with Crippen LogP contribution in [0.2, 0.25) is 0 Å². The van der Waals surface area contributed by atoms with Gasteiger partial charge in [-0.1, -0.05) is 15.9 Å². The predicted octanol–water partition coefficient (Wildman–Crippen LogP) is 1.85. The molecule has 1 heterocycles. The number of fused-ring (bicyclic) bond motifs is 1. The van der Waals surface area contributed by atoms with Crippen molar-refractivity contribution in [1.82, 2.24) is 0 Å². The Kier molecular flexibility index (Phi) is 3.02. The van der Waals surface area contributed by atoms with Crippen molar-refractivity contribution in [3.05, 3.63) is 28.2 Å². The largest absolute Gasteiger partial charge is 0.377 e. The monoisotopic (exact) mass is 307 g/mol. The first-order valence-corrected chi connectivity index (χ1v) is 6.83. The van der Waals surface area contributed by atoms with Crippen LogP contribution >= 0.6 is 15.9 Å². The van der Waals surface area contributed by atoms with Gasteiger partial charge in [0.15, 0.2) is 0 Å². The predicted molar refractivity (Wildman–Crippen MR) is 72.1 cm³/mol. The van der Waals surface area contributed by atoms with Crippen LogP contribution in [0.1, 0.15) is 12.0 Å². The molecule has 4 unspecified atom stereocenters. The third-order valence-electron chi connectivity index (χ3n) is 3.87. The Morgan fingerprint density at radius 1 is 1.50 bits per heavy atom. The lowest BCUT2D eigenvalue weighted by atomic mass is 9.72. The summed E-state index contributed by atoms with van der Waals surface area (Å²) in [5, 5.41) is 12.5. The molecule has 18 heavy (non-hydrogen) atoms. The highest BCUT2D eigenvalue weighted by atomic mass is 79.9. The van der Waals surface area contributed by atoms with E-state index in [1.165, 1.54) is 0 Å². The molecule has 2 aliphatic rings. The molecule has 1 saturated heterocycles. The SMILES string of the molecule is N#Cc1cc(Br)ccc1NC1C(N)C2CCOC21. The summed E-state index contributed by atoms with van der Waals surface area (Å²) in [5.41, 5.74) is 7.59. The number of benzene rings is 1. The van der Waals surface area contributed by atoms with Crippen LogP contribution in [0.15, 0.2) is 22.7 Å². The highest BCUT2D eigenvalue weighted by Gasteiger charge is 2.52. The Labute approximate surface area is 114 Å². The third-order valence-corrected chi connectivity index (χ3v) is 4.36. The van der Waals surface area contributed by atoms with Gasteiger partial charge < -0.3 is 15.8 Å². The van der Waals surface area contributed by atoms with Gasteiger partial charge in [-0.25, -0.2) is 0 Å². The molecule has 0 radical (unpaired) electrons. The topological polar surface area (TPSA) is 71.1 Å². The molecule has 94 valence electrons. The summed E-state index contributed by atoms with van der Waals surface area (Å²) in [6.07, 6.45) is 1.25. The van der Waals surface area contributed by atoms with Crippen molar-refractivity contribution < 1.29 is 4.74 Å². The van der Waals surface area contributed by atoms with Gasteiger partial charge in [-0.15, -0.1) is 0 Å². The average molecular weight is 308 g/mol. The molecule has 3 N–H and O–H groups in total. The van der Waals surface area contributed by atoms with Gasteiger partial charge in [-0.3, -0.25) is 0 Å². The molecule has 5 heteroatoms. The van der Waals surface area contributed by atoms with Gasteiger partial charge in [-0.2, -0.15) is 5.26 Å². The normalized spacial score (nSPS) is 33.4. The number of hydrogen-bond acceptors (Lipinski definition) is 4. The van der Waals surface area contributed by atoms with Gasteiger partial charge >= 0.3 is 0 Å². The van der Waals surface area contributed by atoms with E-state index in [1.54, 1.807) is 6.07 Å². The number of nitrogens with two attached hydrogens (primary N) is 1. The van der Waals surface area contributed by atoms with Crippen LogP contribution in [0.4, 0.5) is 5.69 Å². The second-order valence-electron chi connectivity index (χ2n) is 4.84. The highest BCUT2D eigenvalue weighted by Crippen LogP contribution is 2.39. The molecule has 2 fully saturated rings. The lowest BCUT2D eigenvalue weighted by Gasteiger charge is -2.46. The lowest BCUT2D eigenvalue weighted by molar-refractivity contribution is 0.00537. The minimum Gasteiger partial charge on any atom is -0.377 e. The molecule has 1 aliphatic carbocycles. The van der Waals surface area contributed by atoms with Crippen molar-refractivity contribution in [3.63, 3.8) is 0 Å². The summed E-state index contributed by atoms with van der Waals surface area (Å²) in [6.45, 7) is 0.798. The maximum atomic E-state index is 9.13. The number of hydrogen-bond donors (Lipinski definition) is 2.